The van der Waals surface area contributed by atoms with Crippen LogP contribution in [0.15, 0.2) is 60.8 Å². The van der Waals surface area contributed by atoms with E-state index in [1.54, 1.807) is 10.8 Å². The second kappa shape index (κ2) is 12.6. The van der Waals surface area contributed by atoms with E-state index in [0.717, 1.165) is 70.1 Å². The third-order valence-electron chi connectivity index (χ3n) is 9.83. The number of benzene rings is 2. The molecule has 0 radical (unpaired) electrons. The van der Waals surface area contributed by atoms with Crippen LogP contribution in [0.4, 0.5) is 4.79 Å². The van der Waals surface area contributed by atoms with Gasteiger partial charge in [0.15, 0.2) is 0 Å². The summed E-state index contributed by atoms with van der Waals surface area (Å²) in [6.07, 6.45) is 5.66. The van der Waals surface area contributed by atoms with Crippen LogP contribution in [-0.4, -0.2) is 50.7 Å². The Bertz CT molecular complexity index is 1760. The number of amides is 1. The number of hydrogen-bond donors (Lipinski definition) is 0. The first-order chi connectivity index (χ1) is 22.2. The molecule has 0 saturated carbocycles. The molecule has 2 aromatic heterocycles. The van der Waals surface area contributed by atoms with Crippen molar-refractivity contribution < 1.29 is 19.1 Å². The zero-order valence-electron chi connectivity index (χ0n) is 29.2. The zero-order valence-corrected chi connectivity index (χ0v) is 29.2. The molecule has 4 aromatic rings. The lowest BCUT2D eigenvalue weighted by atomic mass is 9.83. The highest BCUT2D eigenvalue weighted by atomic mass is 16.6. The highest BCUT2D eigenvalue weighted by Crippen LogP contribution is 2.43. The Morgan fingerprint density at radius 3 is 2.13 bits per heavy atom. The molecular weight excluding hydrogens is 586 g/mol. The Kier molecular flexibility index (Phi) is 8.81. The predicted octanol–water partition coefficient (Wildman–Crippen LogP) is 8.85. The summed E-state index contributed by atoms with van der Waals surface area (Å²) in [5, 5.41) is 0.837. The molecule has 4 heterocycles. The predicted molar refractivity (Wildman–Crippen MR) is 187 cm³/mol. The molecule has 248 valence electrons. The minimum Gasteiger partial charge on any atom is -0.443 e. The molecule has 1 unspecified atom stereocenters. The van der Waals surface area contributed by atoms with Crippen LogP contribution in [0.1, 0.15) is 101 Å². The van der Waals surface area contributed by atoms with Crippen LogP contribution in [0.2, 0.25) is 0 Å². The molecule has 2 aromatic carbocycles. The Morgan fingerprint density at radius 2 is 1.53 bits per heavy atom. The van der Waals surface area contributed by atoms with E-state index >= 15 is 0 Å². The normalized spacial score (nSPS) is 18.6. The second-order valence-electron chi connectivity index (χ2n) is 15.3. The largest absolute Gasteiger partial charge is 0.443 e. The molecule has 7 nitrogen and oxygen atoms in total. The van der Waals surface area contributed by atoms with Crippen molar-refractivity contribution in [1.29, 1.82) is 0 Å². The molecule has 1 amide bonds. The lowest BCUT2D eigenvalue weighted by molar-refractivity contribution is -0.137. The Hall–Kier alpha value is -3.97. The number of fused-ring (bicyclic) bond motifs is 3. The average Bonchev–Trinajstić information content (AvgIpc) is 3.70. The average molecular weight is 636 g/mol. The summed E-state index contributed by atoms with van der Waals surface area (Å²) in [5.74, 6) is 0.0524. The molecule has 2 saturated heterocycles. The summed E-state index contributed by atoms with van der Waals surface area (Å²) in [6, 6.07) is 19.3. The number of hydrogen-bond acceptors (Lipinski definition) is 5. The maximum absolute atomic E-state index is 14.2. The van der Waals surface area contributed by atoms with Crippen LogP contribution in [0.25, 0.3) is 22.3 Å². The maximum Gasteiger partial charge on any atom is 0.420 e. The van der Waals surface area contributed by atoms with E-state index in [2.05, 4.69) is 62.1 Å². The standard InChI is InChI=1S/C40H49N3O4/c1-25-18-26(2)20-29(19-25)35-34(27(3)23-46-24-28-12-10-9-11-13-28)33-21-30(22-41-36(33)43(35)38(45)47-39(4,5)6)40(7,8)37(44)42-31-14-15-32(42)17-16-31/h9-13,18-22,27,31-32H,14-17,23-24H2,1-8H3. The molecule has 7 heteroatoms. The number of aromatic nitrogens is 2. The topological polar surface area (TPSA) is 73.7 Å². The summed E-state index contributed by atoms with van der Waals surface area (Å²) in [5.41, 5.74) is 5.80. The van der Waals surface area contributed by atoms with E-state index in [1.807, 2.05) is 52.8 Å². The van der Waals surface area contributed by atoms with Gasteiger partial charge in [-0.1, -0.05) is 54.4 Å². The Balaban J connectivity index is 1.51. The van der Waals surface area contributed by atoms with Crippen molar-refractivity contribution in [2.24, 2.45) is 0 Å². The molecule has 2 fully saturated rings. The Morgan fingerprint density at radius 1 is 0.915 bits per heavy atom. The van der Waals surface area contributed by atoms with E-state index in [0.29, 0.717) is 30.9 Å². The van der Waals surface area contributed by atoms with Crippen molar-refractivity contribution in [3.05, 3.63) is 88.6 Å². The van der Waals surface area contributed by atoms with Gasteiger partial charge in [0, 0.05) is 29.6 Å². The van der Waals surface area contributed by atoms with Gasteiger partial charge >= 0.3 is 6.09 Å². The van der Waals surface area contributed by atoms with Crippen LogP contribution in [0.3, 0.4) is 0 Å². The van der Waals surface area contributed by atoms with Gasteiger partial charge in [-0.3, -0.25) is 4.79 Å². The number of carbonyl (C=O) groups is 2. The van der Waals surface area contributed by atoms with Gasteiger partial charge in [-0.15, -0.1) is 0 Å². The third kappa shape index (κ3) is 6.47. The van der Waals surface area contributed by atoms with Crippen molar-refractivity contribution >= 4 is 23.0 Å². The molecule has 2 aliphatic rings. The minimum atomic E-state index is -0.787. The summed E-state index contributed by atoms with van der Waals surface area (Å²) in [7, 11) is 0. The van der Waals surface area contributed by atoms with E-state index in [1.165, 1.54) is 0 Å². The van der Waals surface area contributed by atoms with Crippen LogP contribution in [0.5, 0.6) is 0 Å². The highest BCUT2D eigenvalue weighted by molar-refractivity contribution is 5.99. The van der Waals surface area contributed by atoms with Gasteiger partial charge in [0.05, 0.1) is 24.3 Å². The first-order valence-electron chi connectivity index (χ1n) is 17.1. The van der Waals surface area contributed by atoms with Crippen LogP contribution in [-0.2, 0) is 26.3 Å². The molecule has 0 aliphatic carbocycles. The lowest BCUT2D eigenvalue weighted by Crippen LogP contribution is -2.46. The summed E-state index contributed by atoms with van der Waals surface area (Å²) in [4.78, 5) is 35.4. The van der Waals surface area contributed by atoms with E-state index in [4.69, 9.17) is 14.5 Å². The van der Waals surface area contributed by atoms with E-state index in [9.17, 15) is 9.59 Å². The summed E-state index contributed by atoms with van der Waals surface area (Å²) in [6.45, 7) is 16.8. The van der Waals surface area contributed by atoms with Crippen LogP contribution < -0.4 is 0 Å². The first kappa shape index (κ1) is 33.0. The van der Waals surface area contributed by atoms with Gasteiger partial charge in [-0.05, 0) is 115 Å². The maximum atomic E-state index is 14.2. The number of rotatable bonds is 8. The zero-order chi connectivity index (χ0) is 33.7. The van der Waals surface area contributed by atoms with Gasteiger partial charge in [0.25, 0.3) is 0 Å². The molecular formula is C40H49N3O4. The molecule has 2 bridgehead atoms. The molecule has 47 heavy (non-hydrogen) atoms. The number of nitrogens with zero attached hydrogens (tertiary/aromatic N) is 3. The number of ether oxygens (including phenoxy) is 2. The minimum absolute atomic E-state index is 0.106. The van der Waals surface area contributed by atoms with E-state index in [-0.39, 0.29) is 11.8 Å². The van der Waals surface area contributed by atoms with Crippen molar-refractivity contribution in [2.75, 3.05) is 6.61 Å². The summed E-state index contributed by atoms with van der Waals surface area (Å²) >= 11 is 0. The fourth-order valence-corrected chi connectivity index (χ4v) is 7.61. The van der Waals surface area contributed by atoms with Crippen LogP contribution >= 0.6 is 0 Å². The molecule has 1 atom stereocenters. The van der Waals surface area contributed by atoms with Gasteiger partial charge in [-0.25, -0.2) is 14.3 Å². The molecule has 2 aliphatic heterocycles. The smallest absolute Gasteiger partial charge is 0.420 e. The number of aryl methyl sites for hydroxylation is 2. The molecule has 0 spiro atoms. The van der Waals surface area contributed by atoms with Gasteiger partial charge in [0.2, 0.25) is 5.91 Å². The fourth-order valence-electron chi connectivity index (χ4n) is 7.61. The van der Waals surface area contributed by atoms with Gasteiger partial charge < -0.3 is 14.4 Å². The van der Waals surface area contributed by atoms with Crippen molar-refractivity contribution in [1.82, 2.24) is 14.5 Å². The number of pyridine rings is 1. The SMILES string of the molecule is Cc1cc(C)cc(-c2c(C(C)COCc3ccccc3)c3cc(C(C)(C)C(=O)N4C5CCC4CC5)cnc3n2C(=O)OC(C)(C)C)c1. The third-order valence-corrected chi connectivity index (χ3v) is 9.83. The lowest BCUT2D eigenvalue weighted by Gasteiger charge is -2.32. The van der Waals surface area contributed by atoms with Crippen molar-refractivity contribution in [2.45, 2.75) is 117 Å². The molecule has 6 rings (SSSR count). The van der Waals surface area contributed by atoms with Crippen molar-refractivity contribution in [3.8, 4) is 11.3 Å². The van der Waals surface area contributed by atoms with Crippen LogP contribution in [0, 0.1) is 13.8 Å². The second-order valence-corrected chi connectivity index (χ2v) is 15.3. The summed E-state index contributed by atoms with van der Waals surface area (Å²) < 4.78 is 13.9. The van der Waals surface area contributed by atoms with E-state index < -0.39 is 17.1 Å². The first-order valence-corrected chi connectivity index (χ1v) is 17.1. The van der Waals surface area contributed by atoms with Gasteiger partial charge in [0.1, 0.15) is 11.2 Å². The van der Waals surface area contributed by atoms with Crippen molar-refractivity contribution in [3.63, 3.8) is 0 Å². The number of carbonyl (C=O) groups excluding carboxylic acids is 2. The van der Waals surface area contributed by atoms with Gasteiger partial charge in [-0.2, -0.15) is 0 Å². The monoisotopic (exact) mass is 635 g/mol. The fraction of sp³-hybridized carbons (Fsp3) is 0.475. The molecule has 0 N–H and O–H groups in total. The Labute approximate surface area is 279 Å². The highest BCUT2D eigenvalue weighted by Gasteiger charge is 2.47. The quantitative estimate of drug-likeness (QED) is 0.193.